The normalized spacial score (nSPS) is 24.4. The lowest BCUT2D eigenvalue weighted by atomic mass is 9.93. The molecule has 1 aromatic heterocycles. The van der Waals surface area contributed by atoms with E-state index in [1.165, 1.54) is 0 Å². The first-order valence-corrected chi connectivity index (χ1v) is 6.03. The van der Waals surface area contributed by atoms with Crippen molar-refractivity contribution in [2.45, 2.75) is 44.8 Å². The molecule has 1 aliphatic rings. The van der Waals surface area contributed by atoms with Crippen LogP contribution >= 0.6 is 0 Å². The first-order chi connectivity index (χ1) is 8.19. The van der Waals surface area contributed by atoms with Crippen LogP contribution in [0.3, 0.4) is 0 Å². The summed E-state index contributed by atoms with van der Waals surface area (Å²) in [5.74, 6) is 1.93. The van der Waals surface area contributed by atoms with Crippen LogP contribution in [0.15, 0.2) is 6.07 Å². The Balaban J connectivity index is 2.09. The first-order valence-electron chi connectivity index (χ1n) is 6.03. The average molecular weight is 237 g/mol. The molecular formula is C12H19N3O2. The fraction of sp³-hybridized carbons (Fsp3) is 0.667. The van der Waals surface area contributed by atoms with Crippen molar-refractivity contribution in [3.8, 4) is 5.88 Å². The molecule has 94 valence electrons. The standard InChI is InChI=1S/C12H19N3O2/c1-8-13-11(7-12(14-8)17-2)15-9-5-3-4-6-10(9)16/h7,9-10,16H,3-6H2,1-2H3,(H,13,14,15). The van der Waals surface area contributed by atoms with Crippen LogP contribution in [-0.4, -0.2) is 34.3 Å². The van der Waals surface area contributed by atoms with E-state index in [0.29, 0.717) is 11.7 Å². The van der Waals surface area contributed by atoms with Crippen LogP contribution < -0.4 is 10.1 Å². The van der Waals surface area contributed by atoms with Crippen LogP contribution in [0, 0.1) is 6.92 Å². The molecule has 1 heterocycles. The Bertz CT molecular complexity index is 384. The molecule has 0 spiro atoms. The zero-order chi connectivity index (χ0) is 12.3. The van der Waals surface area contributed by atoms with E-state index in [9.17, 15) is 5.11 Å². The Morgan fingerprint density at radius 3 is 2.82 bits per heavy atom. The van der Waals surface area contributed by atoms with Crippen molar-refractivity contribution < 1.29 is 9.84 Å². The van der Waals surface area contributed by atoms with Gasteiger partial charge in [0.1, 0.15) is 11.6 Å². The van der Waals surface area contributed by atoms with Crippen molar-refractivity contribution in [3.05, 3.63) is 11.9 Å². The number of nitrogens with zero attached hydrogens (tertiary/aromatic N) is 2. The lowest BCUT2D eigenvalue weighted by molar-refractivity contribution is 0.116. The number of aliphatic hydroxyl groups is 1. The van der Waals surface area contributed by atoms with E-state index in [1.807, 2.05) is 6.92 Å². The fourth-order valence-corrected chi connectivity index (χ4v) is 2.19. The highest BCUT2D eigenvalue weighted by atomic mass is 16.5. The van der Waals surface area contributed by atoms with Gasteiger partial charge in [-0.25, -0.2) is 4.98 Å². The Morgan fingerprint density at radius 1 is 1.35 bits per heavy atom. The van der Waals surface area contributed by atoms with E-state index in [0.717, 1.165) is 31.5 Å². The Morgan fingerprint density at radius 2 is 2.12 bits per heavy atom. The highest BCUT2D eigenvalue weighted by Gasteiger charge is 2.23. The fourth-order valence-electron chi connectivity index (χ4n) is 2.19. The second-order valence-electron chi connectivity index (χ2n) is 4.45. The summed E-state index contributed by atoms with van der Waals surface area (Å²) in [4.78, 5) is 8.43. The molecule has 5 heteroatoms. The van der Waals surface area contributed by atoms with E-state index in [1.54, 1.807) is 13.2 Å². The van der Waals surface area contributed by atoms with Gasteiger partial charge in [-0.3, -0.25) is 0 Å². The molecule has 2 rings (SSSR count). The predicted molar refractivity (Wildman–Crippen MR) is 65.2 cm³/mol. The molecular weight excluding hydrogens is 218 g/mol. The number of hydrogen-bond acceptors (Lipinski definition) is 5. The summed E-state index contributed by atoms with van der Waals surface area (Å²) in [5, 5.41) is 13.2. The maximum absolute atomic E-state index is 9.89. The molecule has 2 atom stereocenters. The topological polar surface area (TPSA) is 67.3 Å². The van der Waals surface area contributed by atoms with Gasteiger partial charge in [0.15, 0.2) is 0 Å². The van der Waals surface area contributed by atoms with E-state index in [4.69, 9.17) is 4.74 Å². The van der Waals surface area contributed by atoms with Gasteiger partial charge < -0.3 is 15.2 Å². The molecule has 1 aliphatic carbocycles. The van der Waals surface area contributed by atoms with Gasteiger partial charge in [0, 0.05) is 6.07 Å². The predicted octanol–water partition coefficient (Wildman–Crippen LogP) is 1.51. The summed E-state index contributed by atoms with van der Waals surface area (Å²) in [6.07, 6.45) is 3.80. The molecule has 5 nitrogen and oxygen atoms in total. The van der Waals surface area contributed by atoms with Crippen molar-refractivity contribution in [1.29, 1.82) is 0 Å². The number of ether oxygens (including phenoxy) is 1. The molecule has 2 N–H and O–H groups in total. The van der Waals surface area contributed by atoms with E-state index < -0.39 is 0 Å². The van der Waals surface area contributed by atoms with Crippen LogP contribution in [0.5, 0.6) is 5.88 Å². The summed E-state index contributed by atoms with van der Waals surface area (Å²) >= 11 is 0. The second-order valence-corrected chi connectivity index (χ2v) is 4.45. The first kappa shape index (κ1) is 12.1. The van der Waals surface area contributed by atoms with Crippen LogP contribution in [0.1, 0.15) is 31.5 Å². The molecule has 0 radical (unpaired) electrons. The number of methoxy groups -OCH3 is 1. The van der Waals surface area contributed by atoms with Crippen molar-refractivity contribution in [2.75, 3.05) is 12.4 Å². The zero-order valence-electron chi connectivity index (χ0n) is 10.3. The zero-order valence-corrected chi connectivity index (χ0v) is 10.3. The van der Waals surface area contributed by atoms with Gasteiger partial charge >= 0.3 is 0 Å². The third kappa shape index (κ3) is 3.06. The Labute approximate surface area is 101 Å². The van der Waals surface area contributed by atoms with E-state index >= 15 is 0 Å². The second kappa shape index (κ2) is 5.31. The number of rotatable bonds is 3. The van der Waals surface area contributed by atoms with E-state index in [-0.39, 0.29) is 12.1 Å². The Hall–Kier alpha value is -1.36. The minimum Gasteiger partial charge on any atom is -0.481 e. The maximum Gasteiger partial charge on any atom is 0.218 e. The summed E-state index contributed by atoms with van der Waals surface area (Å²) in [5.41, 5.74) is 0. The highest BCUT2D eigenvalue weighted by Crippen LogP contribution is 2.22. The van der Waals surface area contributed by atoms with Gasteiger partial charge in [0.2, 0.25) is 5.88 Å². The number of anilines is 1. The summed E-state index contributed by atoms with van der Waals surface area (Å²) in [6, 6.07) is 1.84. The highest BCUT2D eigenvalue weighted by molar-refractivity contribution is 5.39. The van der Waals surface area contributed by atoms with Crippen molar-refractivity contribution >= 4 is 5.82 Å². The lowest BCUT2D eigenvalue weighted by Crippen LogP contribution is -2.36. The van der Waals surface area contributed by atoms with Crippen LogP contribution in [0.4, 0.5) is 5.82 Å². The van der Waals surface area contributed by atoms with Gasteiger partial charge in [-0.05, 0) is 19.8 Å². The average Bonchev–Trinajstić information content (AvgIpc) is 2.31. The summed E-state index contributed by atoms with van der Waals surface area (Å²) in [7, 11) is 1.58. The SMILES string of the molecule is COc1cc(NC2CCCCC2O)nc(C)n1. The third-order valence-electron chi connectivity index (χ3n) is 3.09. The smallest absolute Gasteiger partial charge is 0.218 e. The number of nitrogens with one attached hydrogen (secondary N) is 1. The van der Waals surface area contributed by atoms with Gasteiger partial charge in [0.05, 0.1) is 19.3 Å². The van der Waals surface area contributed by atoms with Crippen molar-refractivity contribution in [2.24, 2.45) is 0 Å². The van der Waals surface area contributed by atoms with Crippen molar-refractivity contribution in [1.82, 2.24) is 9.97 Å². The van der Waals surface area contributed by atoms with Gasteiger partial charge in [-0.2, -0.15) is 4.98 Å². The van der Waals surface area contributed by atoms with Gasteiger partial charge in [0.25, 0.3) is 0 Å². The number of aryl methyl sites for hydroxylation is 1. The van der Waals surface area contributed by atoms with Crippen LogP contribution in [-0.2, 0) is 0 Å². The largest absolute Gasteiger partial charge is 0.481 e. The number of aromatic nitrogens is 2. The van der Waals surface area contributed by atoms with Crippen LogP contribution in [0.2, 0.25) is 0 Å². The summed E-state index contributed by atoms with van der Waals surface area (Å²) < 4.78 is 5.10. The molecule has 0 saturated heterocycles. The molecule has 0 amide bonds. The number of hydrogen-bond donors (Lipinski definition) is 2. The molecule has 1 aromatic rings. The minimum absolute atomic E-state index is 0.0859. The monoisotopic (exact) mass is 237 g/mol. The molecule has 17 heavy (non-hydrogen) atoms. The summed E-state index contributed by atoms with van der Waals surface area (Å²) in [6.45, 7) is 1.82. The van der Waals surface area contributed by atoms with Crippen LogP contribution in [0.25, 0.3) is 0 Å². The molecule has 0 aliphatic heterocycles. The van der Waals surface area contributed by atoms with Crippen molar-refractivity contribution in [3.63, 3.8) is 0 Å². The quantitative estimate of drug-likeness (QED) is 0.834. The van der Waals surface area contributed by atoms with Gasteiger partial charge in [-0.15, -0.1) is 0 Å². The molecule has 0 bridgehead atoms. The lowest BCUT2D eigenvalue weighted by Gasteiger charge is -2.28. The number of aliphatic hydroxyl groups excluding tert-OH is 1. The maximum atomic E-state index is 9.89. The third-order valence-corrected chi connectivity index (χ3v) is 3.09. The Kier molecular flexibility index (Phi) is 3.78. The van der Waals surface area contributed by atoms with E-state index in [2.05, 4.69) is 15.3 Å². The minimum atomic E-state index is -0.287. The van der Waals surface area contributed by atoms with Gasteiger partial charge in [-0.1, -0.05) is 12.8 Å². The molecule has 2 unspecified atom stereocenters. The molecule has 1 fully saturated rings. The molecule has 0 aromatic carbocycles. The molecule has 1 saturated carbocycles.